The Morgan fingerprint density at radius 3 is 3.00 bits per heavy atom. The fraction of sp³-hybridized carbons (Fsp3) is 0.615. The van der Waals surface area contributed by atoms with Crippen LogP contribution >= 0.6 is 0 Å². The maximum atomic E-state index is 11.7. The number of ether oxygens (including phenoxy) is 1. The molecule has 0 amide bonds. The minimum Gasteiger partial charge on any atom is -0.382 e. The molecule has 1 N–H and O–H groups in total. The van der Waals surface area contributed by atoms with E-state index in [9.17, 15) is 4.79 Å². The molecule has 1 rings (SSSR count). The van der Waals surface area contributed by atoms with E-state index in [1.54, 1.807) is 4.57 Å². The first kappa shape index (κ1) is 13.9. The molecule has 0 radical (unpaired) electrons. The predicted octanol–water partition coefficient (Wildman–Crippen LogP) is 1.17. The second-order valence-corrected chi connectivity index (χ2v) is 3.99. The second kappa shape index (κ2) is 8.03. The highest BCUT2D eigenvalue weighted by Gasteiger charge is 1.97. The molecule has 4 nitrogen and oxygen atoms in total. The number of pyridine rings is 1. The van der Waals surface area contributed by atoms with Crippen molar-refractivity contribution in [2.24, 2.45) is 0 Å². The summed E-state index contributed by atoms with van der Waals surface area (Å²) in [6.07, 6.45) is 2.84. The smallest absolute Gasteiger partial charge is 0.253 e. The summed E-state index contributed by atoms with van der Waals surface area (Å²) in [6, 6.07) is 3.75. The zero-order chi connectivity index (χ0) is 12.5. The van der Waals surface area contributed by atoms with Gasteiger partial charge in [0.25, 0.3) is 5.56 Å². The van der Waals surface area contributed by atoms with Gasteiger partial charge in [0, 0.05) is 38.1 Å². The molecule has 0 unspecified atom stereocenters. The van der Waals surface area contributed by atoms with Gasteiger partial charge in [-0.2, -0.15) is 0 Å². The van der Waals surface area contributed by atoms with E-state index in [0.29, 0.717) is 0 Å². The molecule has 0 aromatic carbocycles. The SMILES string of the molecule is CCOCCCNCCn1cccc(C)c1=O. The monoisotopic (exact) mass is 238 g/mol. The molecule has 0 saturated heterocycles. The first-order valence-corrected chi connectivity index (χ1v) is 6.20. The number of aromatic nitrogens is 1. The Labute approximate surface area is 103 Å². The molecular formula is C13H22N2O2. The van der Waals surface area contributed by atoms with Gasteiger partial charge in [0.05, 0.1) is 0 Å². The number of hydrogen-bond acceptors (Lipinski definition) is 3. The van der Waals surface area contributed by atoms with Crippen molar-refractivity contribution in [1.82, 2.24) is 9.88 Å². The normalized spacial score (nSPS) is 10.7. The fourth-order valence-corrected chi connectivity index (χ4v) is 1.60. The molecule has 0 bridgehead atoms. The maximum absolute atomic E-state index is 11.7. The zero-order valence-corrected chi connectivity index (χ0v) is 10.7. The predicted molar refractivity (Wildman–Crippen MR) is 69.4 cm³/mol. The van der Waals surface area contributed by atoms with Crippen molar-refractivity contribution in [2.45, 2.75) is 26.8 Å². The summed E-state index contributed by atoms with van der Waals surface area (Å²) >= 11 is 0. The molecule has 0 aliphatic heterocycles. The quantitative estimate of drug-likeness (QED) is 0.691. The van der Waals surface area contributed by atoms with E-state index in [-0.39, 0.29) is 5.56 Å². The van der Waals surface area contributed by atoms with Gasteiger partial charge >= 0.3 is 0 Å². The summed E-state index contributed by atoms with van der Waals surface area (Å²) in [5.74, 6) is 0. The maximum Gasteiger partial charge on any atom is 0.253 e. The van der Waals surface area contributed by atoms with Crippen LogP contribution < -0.4 is 10.9 Å². The Morgan fingerprint density at radius 2 is 2.24 bits per heavy atom. The van der Waals surface area contributed by atoms with Crippen LogP contribution in [0.5, 0.6) is 0 Å². The van der Waals surface area contributed by atoms with E-state index >= 15 is 0 Å². The van der Waals surface area contributed by atoms with Crippen LogP contribution in [0.2, 0.25) is 0 Å². The van der Waals surface area contributed by atoms with E-state index in [2.05, 4.69) is 5.32 Å². The lowest BCUT2D eigenvalue weighted by molar-refractivity contribution is 0.145. The minimum absolute atomic E-state index is 0.101. The van der Waals surface area contributed by atoms with Crippen molar-refractivity contribution < 1.29 is 4.74 Å². The van der Waals surface area contributed by atoms with E-state index in [1.165, 1.54) is 0 Å². The Hall–Kier alpha value is -1.13. The van der Waals surface area contributed by atoms with Gasteiger partial charge in [-0.1, -0.05) is 6.07 Å². The summed E-state index contributed by atoms with van der Waals surface area (Å²) < 4.78 is 6.98. The largest absolute Gasteiger partial charge is 0.382 e. The van der Waals surface area contributed by atoms with Crippen molar-refractivity contribution in [1.29, 1.82) is 0 Å². The third-order valence-corrected chi connectivity index (χ3v) is 2.59. The Bertz CT molecular complexity index is 374. The molecule has 1 aromatic rings. The highest BCUT2D eigenvalue weighted by molar-refractivity contribution is 5.07. The highest BCUT2D eigenvalue weighted by atomic mass is 16.5. The van der Waals surface area contributed by atoms with Gasteiger partial charge in [-0.15, -0.1) is 0 Å². The fourth-order valence-electron chi connectivity index (χ4n) is 1.60. The van der Waals surface area contributed by atoms with Gasteiger partial charge in [0.2, 0.25) is 0 Å². The molecule has 0 atom stereocenters. The molecule has 0 aliphatic carbocycles. The summed E-state index contributed by atoms with van der Waals surface area (Å²) in [7, 11) is 0. The van der Waals surface area contributed by atoms with Gasteiger partial charge in [-0.25, -0.2) is 0 Å². The van der Waals surface area contributed by atoms with Crippen LogP contribution in [0.25, 0.3) is 0 Å². The summed E-state index contributed by atoms with van der Waals surface area (Å²) in [5.41, 5.74) is 0.896. The molecule has 0 saturated carbocycles. The van der Waals surface area contributed by atoms with Crippen LogP contribution in [0.15, 0.2) is 23.1 Å². The molecule has 4 heteroatoms. The molecule has 0 fully saturated rings. The minimum atomic E-state index is 0.101. The first-order valence-electron chi connectivity index (χ1n) is 6.20. The topological polar surface area (TPSA) is 43.3 Å². The number of rotatable bonds is 8. The number of hydrogen-bond donors (Lipinski definition) is 1. The summed E-state index contributed by atoms with van der Waals surface area (Å²) in [4.78, 5) is 11.7. The molecule has 0 spiro atoms. The number of nitrogens with zero attached hydrogens (tertiary/aromatic N) is 1. The lowest BCUT2D eigenvalue weighted by Gasteiger charge is -2.08. The van der Waals surface area contributed by atoms with Crippen molar-refractivity contribution >= 4 is 0 Å². The highest BCUT2D eigenvalue weighted by Crippen LogP contribution is 1.88. The standard InChI is InChI=1S/C13H22N2O2/c1-3-17-11-5-7-14-8-10-15-9-4-6-12(2)13(15)16/h4,6,9,14H,3,5,7-8,10-11H2,1-2H3. The second-order valence-electron chi connectivity index (χ2n) is 3.99. The molecule has 0 aliphatic rings. The van der Waals surface area contributed by atoms with Crippen molar-refractivity contribution in [3.63, 3.8) is 0 Å². The van der Waals surface area contributed by atoms with Crippen LogP contribution in [0.3, 0.4) is 0 Å². The molecule has 1 heterocycles. The summed E-state index contributed by atoms with van der Waals surface area (Å²) in [5, 5.41) is 3.30. The van der Waals surface area contributed by atoms with E-state index in [0.717, 1.165) is 44.8 Å². The van der Waals surface area contributed by atoms with Gasteiger partial charge in [0.1, 0.15) is 0 Å². The first-order chi connectivity index (χ1) is 8.25. The van der Waals surface area contributed by atoms with E-state index in [4.69, 9.17) is 4.74 Å². The van der Waals surface area contributed by atoms with Gasteiger partial charge < -0.3 is 14.6 Å². The lowest BCUT2D eigenvalue weighted by atomic mass is 10.3. The summed E-state index contributed by atoms with van der Waals surface area (Å²) in [6.45, 7) is 7.88. The third kappa shape index (κ3) is 5.15. The van der Waals surface area contributed by atoms with Gasteiger partial charge in [-0.3, -0.25) is 4.79 Å². The molecule has 17 heavy (non-hydrogen) atoms. The Kier molecular flexibility index (Phi) is 6.58. The van der Waals surface area contributed by atoms with E-state index < -0.39 is 0 Å². The number of aryl methyl sites for hydroxylation is 1. The van der Waals surface area contributed by atoms with Crippen LogP contribution in [-0.4, -0.2) is 30.9 Å². The van der Waals surface area contributed by atoms with Gasteiger partial charge in [0.15, 0.2) is 0 Å². The van der Waals surface area contributed by atoms with Crippen LogP contribution in [0.4, 0.5) is 0 Å². The van der Waals surface area contributed by atoms with Crippen LogP contribution in [-0.2, 0) is 11.3 Å². The number of nitrogens with one attached hydrogen (secondary N) is 1. The van der Waals surface area contributed by atoms with Crippen molar-refractivity contribution in [3.05, 3.63) is 34.2 Å². The van der Waals surface area contributed by atoms with Crippen LogP contribution in [0, 0.1) is 6.92 Å². The molecule has 96 valence electrons. The van der Waals surface area contributed by atoms with Crippen LogP contribution in [0.1, 0.15) is 18.9 Å². The zero-order valence-electron chi connectivity index (χ0n) is 10.7. The Morgan fingerprint density at radius 1 is 1.41 bits per heavy atom. The van der Waals surface area contributed by atoms with Crippen molar-refractivity contribution in [3.8, 4) is 0 Å². The third-order valence-electron chi connectivity index (χ3n) is 2.59. The Balaban J connectivity index is 2.18. The van der Waals surface area contributed by atoms with Gasteiger partial charge in [-0.05, 0) is 32.9 Å². The van der Waals surface area contributed by atoms with E-state index in [1.807, 2.05) is 32.2 Å². The van der Waals surface area contributed by atoms with Crippen molar-refractivity contribution in [2.75, 3.05) is 26.3 Å². The molecule has 1 aromatic heterocycles. The molecular weight excluding hydrogens is 216 g/mol. The average Bonchev–Trinajstić information content (AvgIpc) is 2.33. The lowest BCUT2D eigenvalue weighted by Crippen LogP contribution is -2.28. The average molecular weight is 238 g/mol.